The van der Waals surface area contributed by atoms with E-state index in [1.54, 1.807) is 0 Å². The lowest BCUT2D eigenvalue weighted by Gasteiger charge is -2.33. The molecule has 5 rings (SSSR count). The van der Waals surface area contributed by atoms with Crippen LogP contribution in [0, 0.1) is 11.8 Å². The maximum Gasteiger partial charge on any atom is 0.308 e. The maximum atomic E-state index is 12.0. The van der Waals surface area contributed by atoms with E-state index in [4.69, 9.17) is 14.7 Å². The quantitative estimate of drug-likeness (QED) is 0.691. The molecule has 1 aliphatic carbocycles. The number of carbonyl (C=O) groups is 1. The molecule has 0 radical (unpaired) electrons. The zero-order chi connectivity index (χ0) is 20.7. The van der Waals surface area contributed by atoms with Crippen molar-refractivity contribution in [3.8, 4) is 0 Å². The van der Waals surface area contributed by atoms with Gasteiger partial charge in [-0.1, -0.05) is 6.92 Å². The highest BCUT2D eigenvalue weighted by molar-refractivity contribution is 7.19. The van der Waals surface area contributed by atoms with E-state index >= 15 is 0 Å². The van der Waals surface area contributed by atoms with Crippen molar-refractivity contribution in [1.29, 1.82) is 0 Å². The lowest BCUT2D eigenvalue weighted by molar-refractivity contribution is -0.146. The molecule has 162 valence electrons. The Bertz CT molecular complexity index is 927. The first-order valence-electron chi connectivity index (χ1n) is 11.5. The summed E-state index contributed by atoms with van der Waals surface area (Å²) in [6, 6.07) is 0. The Hall–Kier alpha value is -1.73. The summed E-state index contributed by atoms with van der Waals surface area (Å²) in [7, 11) is 1.49. The number of likely N-dealkylation sites (tertiary alicyclic amines) is 1. The molecule has 2 saturated heterocycles. The van der Waals surface area contributed by atoms with Gasteiger partial charge in [-0.3, -0.25) is 9.69 Å². The van der Waals surface area contributed by atoms with Crippen LogP contribution >= 0.6 is 11.3 Å². The number of fused-ring (bicyclic) bond motifs is 3. The fraction of sp³-hybridized carbons (Fsp3) is 0.696. The van der Waals surface area contributed by atoms with Gasteiger partial charge in [-0.25, -0.2) is 9.97 Å². The number of anilines is 1. The second-order valence-corrected chi connectivity index (χ2v) is 10.3. The fourth-order valence-electron chi connectivity index (χ4n) is 5.23. The number of carbonyl (C=O) groups excluding carboxylic acids is 1. The number of rotatable bonds is 4. The molecule has 6 nitrogen and oxygen atoms in total. The number of methoxy groups -OCH3 is 1. The van der Waals surface area contributed by atoms with Gasteiger partial charge in [0.2, 0.25) is 0 Å². The molecule has 4 heterocycles. The number of thiophene rings is 1. The Kier molecular flexibility index (Phi) is 5.67. The van der Waals surface area contributed by atoms with Gasteiger partial charge in [0.25, 0.3) is 0 Å². The van der Waals surface area contributed by atoms with Crippen molar-refractivity contribution in [2.24, 2.45) is 11.8 Å². The largest absolute Gasteiger partial charge is 0.469 e. The Labute approximate surface area is 182 Å². The van der Waals surface area contributed by atoms with Crippen molar-refractivity contribution in [3.05, 3.63) is 16.3 Å². The Morgan fingerprint density at radius 3 is 2.60 bits per heavy atom. The van der Waals surface area contributed by atoms with Gasteiger partial charge in [0, 0.05) is 18.0 Å². The number of aryl methyl sites for hydroxylation is 2. The summed E-state index contributed by atoms with van der Waals surface area (Å²) >= 11 is 1.88. The van der Waals surface area contributed by atoms with E-state index < -0.39 is 0 Å². The van der Waals surface area contributed by atoms with Crippen LogP contribution in [0.4, 0.5) is 5.82 Å². The van der Waals surface area contributed by atoms with Crippen molar-refractivity contribution in [2.75, 3.05) is 38.2 Å². The fourth-order valence-corrected chi connectivity index (χ4v) is 6.51. The van der Waals surface area contributed by atoms with E-state index in [2.05, 4.69) is 16.7 Å². The summed E-state index contributed by atoms with van der Waals surface area (Å²) in [5.74, 6) is 2.85. The average molecular weight is 429 g/mol. The molecule has 2 fully saturated rings. The third-order valence-electron chi connectivity index (χ3n) is 7.16. The molecule has 2 aliphatic heterocycles. The zero-order valence-electron chi connectivity index (χ0n) is 18.2. The van der Waals surface area contributed by atoms with Gasteiger partial charge in [-0.2, -0.15) is 0 Å². The summed E-state index contributed by atoms with van der Waals surface area (Å²) in [5, 5.41) is 1.29. The monoisotopic (exact) mass is 428 g/mol. The van der Waals surface area contributed by atoms with Crippen molar-refractivity contribution < 1.29 is 9.53 Å². The Morgan fingerprint density at radius 1 is 1.10 bits per heavy atom. The SMILES string of the molecule is COC(=O)C1CCN(c2nc(CN3CCC(C)CC3)nc3sc4c(c23)CCC4)CC1. The van der Waals surface area contributed by atoms with Crippen molar-refractivity contribution >= 4 is 33.3 Å². The van der Waals surface area contributed by atoms with Crippen molar-refractivity contribution in [3.63, 3.8) is 0 Å². The molecule has 0 amide bonds. The first kappa shape index (κ1) is 20.2. The molecule has 0 aromatic carbocycles. The third-order valence-corrected chi connectivity index (χ3v) is 8.35. The van der Waals surface area contributed by atoms with Gasteiger partial charge in [0.05, 0.1) is 25.0 Å². The van der Waals surface area contributed by atoms with E-state index in [9.17, 15) is 4.79 Å². The van der Waals surface area contributed by atoms with E-state index in [0.717, 1.165) is 69.5 Å². The number of ether oxygens (including phenoxy) is 1. The zero-order valence-corrected chi connectivity index (χ0v) is 19.0. The molecule has 30 heavy (non-hydrogen) atoms. The first-order valence-corrected chi connectivity index (χ1v) is 12.3. The van der Waals surface area contributed by atoms with Crippen molar-refractivity contribution in [1.82, 2.24) is 14.9 Å². The highest BCUT2D eigenvalue weighted by atomic mass is 32.1. The van der Waals surface area contributed by atoms with E-state index in [1.807, 2.05) is 11.3 Å². The van der Waals surface area contributed by atoms with Gasteiger partial charge in [-0.15, -0.1) is 11.3 Å². The average Bonchev–Trinajstić information content (AvgIpc) is 3.35. The minimum Gasteiger partial charge on any atom is -0.469 e. The predicted octanol–water partition coefficient (Wildman–Crippen LogP) is 3.80. The Morgan fingerprint density at radius 2 is 1.87 bits per heavy atom. The molecule has 2 aromatic heterocycles. The molecule has 7 heteroatoms. The van der Waals surface area contributed by atoms with Crippen LogP contribution < -0.4 is 4.90 Å². The predicted molar refractivity (Wildman–Crippen MR) is 120 cm³/mol. The smallest absolute Gasteiger partial charge is 0.308 e. The van der Waals surface area contributed by atoms with Crippen LogP contribution in [-0.4, -0.2) is 54.1 Å². The van der Waals surface area contributed by atoms with E-state index in [0.29, 0.717) is 0 Å². The highest BCUT2D eigenvalue weighted by Gasteiger charge is 2.30. The number of aromatic nitrogens is 2. The lowest BCUT2D eigenvalue weighted by atomic mass is 9.97. The van der Waals surface area contributed by atoms with Crippen LogP contribution in [0.3, 0.4) is 0 Å². The minimum atomic E-state index is -0.0704. The second kappa shape index (κ2) is 8.42. The van der Waals surface area contributed by atoms with Crippen LogP contribution in [-0.2, 0) is 28.9 Å². The van der Waals surface area contributed by atoms with Crippen LogP contribution in [0.25, 0.3) is 10.2 Å². The number of hydrogen-bond acceptors (Lipinski definition) is 7. The summed E-state index contributed by atoms with van der Waals surface area (Å²) in [5.41, 5.74) is 1.48. The van der Waals surface area contributed by atoms with Gasteiger partial charge in [0.1, 0.15) is 16.5 Å². The topological polar surface area (TPSA) is 58.6 Å². The van der Waals surface area contributed by atoms with Crippen LogP contribution in [0.1, 0.15) is 55.3 Å². The molecule has 3 aliphatic rings. The summed E-state index contributed by atoms with van der Waals surface area (Å²) in [6.45, 7) is 7.20. The van der Waals surface area contributed by atoms with Crippen LogP contribution in [0.15, 0.2) is 0 Å². The van der Waals surface area contributed by atoms with Crippen LogP contribution in [0.5, 0.6) is 0 Å². The maximum absolute atomic E-state index is 12.0. The van der Waals surface area contributed by atoms with Gasteiger partial charge in [0.15, 0.2) is 0 Å². The molecule has 0 saturated carbocycles. The summed E-state index contributed by atoms with van der Waals surface area (Å²) < 4.78 is 4.97. The third kappa shape index (κ3) is 3.82. The number of nitrogens with zero attached hydrogens (tertiary/aromatic N) is 4. The lowest BCUT2D eigenvalue weighted by Crippen LogP contribution is -2.38. The second-order valence-electron chi connectivity index (χ2n) is 9.24. The number of piperidine rings is 2. The summed E-state index contributed by atoms with van der Waals surface area (Å²) in [6.07, 6.45) is 7.78. The molecule has 0 bridgehead atoms. The molecule has 0 N–H and O–H groups in total. The molecule has 0 atom stereocenters. The minimum absolute atomic E-state index is 0.0200. The van der Waals surface area contributed by atoms with Crippen LogP contribution in [0.2, 0.25) is 0 Å². The molecule has 0 unspecified atom stereocenters. The van der Waals surface area contributed by atoms with Gasteiger partial charge in [-0.05, 0) is 69.5 Å². The summed E-state index contributed by atoms with van der Waals surface area (Å²) in [4.78, 5) is 29.7. The highest BCUT2D eigenvalue weighted by Crippen LogP contribution is 2.41. The number of hydrogen-bond donors (Lipinski definition) is 0. The Balaban J connectivity index is 1.44. The molecular weight excluding hydrogens is 396 g/mol. The van der Waals surface area contributed by atoms with E-state index in [1.165, 1.54) is 53.5 Å². The van der Waals surface area contributed by atoms with Crippen molar-refractivity contribution in [2.45, 2.75) is 58.4 Å². The molecule has 2 aromatic rings. The number of esters is 1. The standard InChI is InChI=1S/C23H32N4O2S/c1-15-6-10-26(11-7-15)14-19-24-21(27-12-8-16(9-13-27)23(28)29-2)20-17-4-3-5-18(17)30-22(20)25-19/h15-16H,3-14H2,1-2H3. The molecular formula is C23H32N4O2S. The van der Waals surface area contributed by atoms with Gasteiger partial charge >= 0.3 is 5.97 Å². The van der Waals surface area contributed by atoms with Gasteiger partial charge < -0.3 is 9.64 Å². The normalized spacial score (nSPS) is 21.3. The first-order chi connectivity index (χ1) is 14.6. The molecule has 0 spiro atoms. The van der Waals surface area contributed by atoms with E-state index in [-0.39, 0.29) is 11.9 Å².